The molecular formula is C13H22N2O. The lowest BCUT2D eigenvalue weighted by atomic mass is 9.83. The van der Waals surface area contributed by atoms with Crippen LogP contribution in [0.2, 0.25) is 0 Å². The van der Waals surface area contributed by atoms with Gasteiger partial charge in [-0.2, -0.15) is 0 Å². The molecule has 3 nitrogen and oxygen atoms in total. The maximum atomic E-state index is 9.45. The van der Waals surface area contributed by atoms with E-state index in [0.29, 0.717) is 0 Å². The van der Waals surface area contributed by atoms with E-state index in [4.69, 9.17) is 5.73 Å². The van der Waals surface area contributed by atoms with Gasteiger partial charge in [-0.05, 0) is 25.0 Å². The molecule has 0 bridgehead atoms. The zero-order valence-corrected chi connectivity index (χ0v) is 10.2. The smallest absolute Gasteiger partial charge is 0.0574 e. The SMILES string of the molecule is CCC(CC)(CO)CNc1ccccc1N. The normalized spacial score (nSPS) is 11.4. The molecule has 0 aliphatic heterocycles. The molecule has 1 aromatic rings. The highest BCUT2D eigenvalue weighted by Crippen LogP contribution is 2.27. The largest absolute Gasteiger partial charge is 0.397 e. The minimum atomic E-state index is -0.0394. The summed E-state index contributed by atoms with van der Waals surface area (Å²) >= 11 is 0. The van der Waals surface area contributed by atoms with Crippen LogP contribution < -0.4 is 11.1 Å². The van der Waals surface area contributed by atoms with Gasteiger partial charge in [-0.1, -0.05) is 26.0 Å². The van der Waals surface area contributed by atoms with Gasteiger partial charge in [0.15, 0.2) is 0 Å². The zero-order valence-electron chi connectivity index (χ0n) is 10.2. The lowest BCUT2D eigenvalue weighted by Gasteiger charge is -2.30. The van der Waals surface area contributed by atoms with E-state index in [1.165, 1.54) is 0 Å². The fourth-order valence-corrected chi connectivity index (χ4v) is 1.72. The van der Waals surface area contributed by atoms with Gasteiger partial charge in [0.2, 0.25) is 0 Å². The van der Waals surface area contributed by atoms with E-state index in [1.807, 2.05) is 24.3 Å². The third-order valence-corrected chi connectivity index (χ3v) is 3.45. The van der Waals surface area contributed by atoms with Gasteiger partial charge in [0, 0.05) is 12.0 Å². The number of nitrogens with one attached hydrogen (secondary N) is 1. The van der Waals surface area contributed by atoms with Crippen molar-refractivity contribution in [1.29, 1.82) is 0 Å². The fraction of sp³-hybridized carbons (Fsp3) is 0.538. The van der Waals surface area contributed by atoms with Crippen molar-refractivity contribution < 1.29 is 5.11 Å². The molecule has 0 amide bonds. The predicted molar refractivity (Wildman–Crippen MR) is 69.4 cm³/mol. The maximum Gasteiger partial charge on any atom is 0.0574 e. The zero-order chi connectivity index (χ0) is 12.0. The van der Waals surface area contributed by atoms with Crippen molar-refractivity contribution in [3.8, 4) is 0 Å². The molecule has 1 aromatic carbocycles. The van der Waals surface area contributed by atoms with Crippen LogP contribution in [0.5, 0.6) is 0 Å². The van der Waals surface area contributed by atoms with Gasteiger partial charge in [-0.3, -0.25) is 0 Å². The average Bonchev–Trinajstić information content (AvgIpc) is 2.34. The number of nitrogens with two attached hydrogens (primary N) is 1. The van der Waals surface area contributed by atoms with Gasteiger partial charge >= 0.3 is 0 Å². The topological polar surface area (TPSA) is 58.3 Å². The second kappa shape index (κ2) is 5.75. The third-order valence-electron chi connectivity index (χ3n) is 3.45. The fourth-order valence-electron chi connectivity index (χ4n) is 1.72. The molecule has 90 valence electrons. The van der Waals surface area contributed by atoms with Crippen molar-refractivity contribution in [1.82, 2.24) is 0 Å². The number of aliphatic hydroxyl groups excluding tert-OH is 1. The van der Waals surface area contributed by atoms with E-state index in [0.717, 1.165) is 30.8 Å². The van der Waals surface area contributed by atoms with Gasteiger partial charge < -0.3 is 16.2 Å². The lowest BCUT2D eigenvalue weighted by Crippen LogP contribution is -2.32. The first-order valence-corrected chi connectivity index (χ1v) is 5.86. The molecule has 16 heavy (non-hydrogen) atoms. The second-order valence-corrected chi connectivity index (χ2v) is 4.31. The Bertz CT molecular complexity index is 313. The highest BCUT2D eigenvalue weighted by atomic mass is 16.3. The van der Waals surface area contributed by atoms with Gasteiger partial charge in [0.05, 0.1) is 18.0 Å². The van der Waals surface area contributed by atoms with Crippen molar-refractivity contribution in [2.24, 2.45) is 5.41 Å². The molecule has 4 N–H and O–H groups in total. The Morgan fingerprint density at radius 2 is 1.88 bits per heavy atom. The summed E-state index contributed by atoms with van der Waals surface area (Å²) in [6.45, 7) is 5.18. The molecule has 0 aliphatic rings. The molecule has 0 atom stereocenters. The van der Waals surface area contributed by atoms with Crippen molar-refractivity contribution in [2.75, 3.05) is 24.2 Å². The number of hydrogen-bond donors (Lipinski definition) is 3. The molecule has 0 aromatic heterocycles. The summed E-state index contributed by atoms with van der Waals surface area (Å²) in [5.74, 6) is 0. The number of benzene rings is 1. The first kappa shape index (κ1) is 12.8. The van der Waals surface area contributed by atoms with E-state index in [1.54, 1.807) is 0 Å². The summed E-state index contributed by atoms with van der Waals surface area (Å²) in [5, 5.41) is 12.8. The van der Waals surface area contributed by atoms with Crippen LogP contribution in [0.25, 0.3) is 0 Å². The Hall–Kier alpha value is -1.22. The van der Waals surface area contributed by atoms with Crippen molar-refractivity contribution >= 4 is 11.4 Å². The molecule has 1 rings (SSSR count). The van der Waals surface area contributed by atoms with Crippen LogP contribution in [0.3, 0.4) is 0 Å². The summed E-state index contributed by atoms with van der Waals surface area (Å²) in [5.41, 5.74) is 7.51. The molecule has 0 fully saturated rings. The van der Waals surface area contributed by atoms with E-state index in [2.05, 4.69) is 19.2 Å². The van der Waals surface area contributed by atoms with E-state index >= 15 is 0 Å². The Labute approximate surface area is 97.7 Å². The van der Waals surface area contributed by atoms with E-state index in [9.17, 15) is 5.11 Å². The minimum Gasteiger partial charge on any atom is -0.397 e. The van der Waals surface area contributed by atoms with Gasteiger partial charge in [-0.25, -0.2) is 0 Å². The van der Waals surface area contributed by atoms with Crippen LogP contribution in [-0.4, -0.2) is 18.3 Å². The van der Waals surface area contributed by atoms with Crippen LogP contribution in [0.15, 0.2) is 24.3 Å². The highest BCUT2D eigenvalue weighted by molar-refractivity contribution is 5.65. The van der Waals surface area contributed by atoms with Gasteiger partial charge in [0.1, 0.15) is 0 Å². The average molecular weight is 222 g/mol. The van der Waals surface area contributed by atoms with E-state index < -0.39 is 0 Å². The quantitative estimate of drug-likeness (QED) is 0.648. The van der Waals surface area contributed by atoms with Gasteiger partial charge in [-0.15, -0.1) is 0 Å². The number of anilines is 2. The number of nitrogen functional groups attached to an aromatic ring is 1. The second-order valence-electron chi connectivity index (χ2n) is 4.31. The highest BCUT2D eigenvalue weighted by Gasteiger charge is 2.24. The number of hydrogen-bond acceptors (Lipinski definition) is 3. The summed E-state index contributed by atoms with van der Waals surface area (Å²) in [6, 6.07) is 7.71. The molecule has 0 unspecified atom stereocenters. The first-order valence-electron chi connectivity index (χ1n) is 5.86. The molecule has 0 saturated carbocycles. The van der Waals surface area contributed by atoms with Crippen LogP contribution in [0, 0.1) is 5.41 Å². The Kier molecular flexibility index (Phi) is 4.62. The monoisotopic (exact) mass is 222 g/mol. The predicted octanol–water partition coefficient (Wildman–Crippen LogP) is 2.48. The standard InChI is InChI=1S/C13H22N2O/c1-3-13(4-2,10-16)9-15-12-8-6-5-7-11(12)14/h5-8,15-16H,3-4,9-10,14H2,1-2H3. The molecule has 0 spiro atoms. The number of para-hydroxylation sites is 2. The molecule has 0 saturated heterocycles. The first-order chi connectivity index (χ1) is 7.67. The van der Waals surface area contributed by atoms with Crippen LogP contribution in [0.4, 0.5) is 11.4 Å². The summed E-state index contributed by atoms with van der Waals surface area (Å²) in [4.78, 5) is 0. The number of aliphatic hydroxyl groups is 1. The summed E-state index contributed by atoms with van der Waals surface area (Å²) < 4.78 is 0. The van der Waals surface area contributed by atoms with Gasteiger partial charge in [0.25, 0.3) is 0 Å². The molecule has 0 heterocycles. The summed E-state index contributed by atoms with van der Waals surface area (Å²) in [7, 11) is 0. The lowest BCUT2D eigenvalue weighted by molar-refractivity contribution is 0.127. The molecule has 0 aliphatic carbocycles. The van der Waals surface area contributed by atoms with Crippen LogP contribution in [0.1, 0.15) is 26.7 Å². The third kappa shape index (κ3) is 2.89. The van der Waals surface area contributed by atoms with Crippen molar-refractivity contribution in [2.45, 2.75) is 26.7 Å². The molecule has 3 heteroatoms. The maximum absolute atomic E-state index is 9.45. The van der Waals surface area contributed by atoms with E-state index in [-0.39, 0.29) is 12.0 Å². The minimum absolute atomic E-state index is 0.0394. The Balaban J connectivity index is 2.66. The van der Waals surface area contributed by atoms with Crippen molar-refractivity contribution in [3.05, 3.63) is 24.3 Å². The van der Waals surface area contributed by atoms with Crippen molar-refractivity contribution in [3.63, 3.8) is 0 Å². The van der Waals surface area contributed by atoms with Crippen LogP contribution in [-0.2, 0) is 0 Å². The Morgan fingerprint density at radius 3 is 2.38 bits per heavy atom. The summed E-state index contributed by atoms with van der Waals surface area (Å²) in [6.07, 6.45) is 1.92. The molecular weight excluding hydrogens is 200 g/mol. The molecule has 0 radical (unpaired) electrons. The number of rotatable bonds is 6. The van der Waals surface area contributed by atoms with Crippen LogP contribution >= 0.6 is 0 Å². The Morgan fingerprint density at radius 1 is 1.25 bits per heavy atom.